The molecule has 2 rings (SSSR count). The summed E-state index contributed by atoms with van der Waals surface area (Å²) in [6.45, 7) is 3.28. The average molecular weight is 286 g/mol. The van der Waals surface area contributed by atoms with Gasteiger partial charge in [0.1, 0.15) is 12.1 Å². The van der Waals surface area contributed by atoms with Crippen LogP contribution in [0.4, 0.5) is 5.82 Å². The van der Waals surface area contributed by atoms with Crippen molar-refractivity contribution in [2.45, 2.75) is 12.3 Å². The lowest BCUT2D eigenvalue weighted by Crippen LogP contribution is -2.29. The van der Waals surface area contributed by atoms with Gasteiger partial charge in [0.2, 0.25) is 0 Å². The zero-order chi connectivity index (χ0) is 13.1. The van der Waals surface area contributed by atoms with Crippen LogP contribution in [0, 0.1) is 6.92 Å². The van der Waals surface area contributed by atoms with Crippen LogP contribution in [-0.2, 0) is 4.74 Å². The number of methoxy groups -OCH3 is 1. The van der Waals surface area contributed by atoms with E-state index in [4.69, 9.17) is 16.3 Å². The first-order chi connectivity index (χ1) is 8.63. The highest BCUT2D eigenvalue weighted by atomic mass is 35.5. The van der Waals surface area contributed by atoms with E-state index in [1.807, 2.05) is 7.05 Å². The van der Waals surface area contributed by atoms with Gasteiger partial charge in [0.15, 0.2) is 0 Å². The maximum Gasteiger partial charge on any atom is 0.149 e. The van der Waals surface area contributed by atoms with Gasteiger partial charge in [-0.05, 0) is 17.9 Å². The molecule has 0 saturated heterocycles. The topological polar surface area (TPSA) is 38.2 Å². The van der Waals surface area contributed by atoms with Crippen molar-refractivity contribution in [1.29, 1.82) is 0 Å². The lowest BCUT2D eigenvalue weighted by atomic mass is 10.3. The fraction of sp³-hybridized carbons (Fsp3) is 0.500. The zero-order valence-electron chi connectivity index (χ0n) is 10.7. The first-order valence-corrected chi connectivity index (χ1v) is 6.98. The molecule has 0 fully saturated rings. The Hall–Kier alpha value is -0.910. The van der Waals surface area contributed by atoms with Gasteiger partial charge in [0.05, 0.1) is 22.2 Å². The molecule has 1 unspecified atom stereocenters. The molecule has 98 valence electrons. The maximum atomic E-state index is 6.18. The van der Waals surface area contributed by atoms with E-state index in [1.54, 1.807) is 24.8 Å². The van der Waals surface area contributed by atoms with Gasteiger partial charge in [-0.1, -0.05) is 0 Å². The van der Waals surface area contributed by atoms with Crippen LogP contribution in [-0.4, -0.2) is 42.7 Å². The third-order valence-electron chi connectivity index (χ3n) is 2.69. The van der Waals surface area contributed by atoms with Crippen LogP contribution in [0.25, 0.3) is 10.2 Å². The van der Waals surface area contributed by atoms with Gasteiger partial charge in [0, 0.05) is 20.7 Å². The number of nitrogens with zero attached hydrogens (tertiary/aromatic N) is 3. The second-order valence-electron chi connectivity index (χ2n) is 4.23. The summed E-state index contributed by atoms with van der Waals surface area (Å²) in [4.78, 5) is 10.7. The van der Waals surface area contributed by atoms with Gasteiger partial charge >= 0.3 is 0 Å². The quantitative estimate of drug-likeness (QED) is 0.792. The summed E-state index contributed by atoms with van der Waals surface area (Å²) >= 11 is 7.84. The minimum Gasteiger partial charge on any atom is -0.383 e. The number of ether oxygens (including phenoxy) is 1. The fourth-order valence-corrected chi connectivity index (χ4v) is 3.22. The van der Waals surface area contributed by atoms with Crippen molar-refractivity contribution >= 4 is 39.0 Å². The summed E-state index contributed by atoms with van der Waals surface area (Å²) in [6, 6.07) is 0. The number of alkyl halides is 1. The van der Waals surface area contributed by atoms with Gasteiger partial charge in [-0.2, -0.15) is 0 Å². The number of hydrogen-bond acceptors (Lipinski definition) is 5. The van der Waals surface area contributed by atoms with Crippen LogP contribution in [0.2, 0.25) is 0 Å². The Morgan fingerprint density at radius 2 is 2.28 bits per heavy atom. The Labute approximate surface area is 116 Å². The molecular weight excluding hydrogens is 270 g/mol. The van der Waals surface area contributed by atoms with Crippen molar-refractivity contribution in [1.82, 2.24) is 9.97 Å². The minimum atomic E-state index is -0.0499. The normalized spacial score (nSPS) is 12.9. The molecule has 2 heterocycles. The Morgan fingerprint density at radius 3 is 3.00 bits per heavy atom. The molecule has 0 N–H and O–H groups in total. The maximum absolute atomic E-state index is 6.18. The Bertz CT molecular complexity index is 531. The van der Waals surface area contributed by atoms with Gasteiger partial charge in [-0.25, -0.2) is 9.97 Å². The molecule has 0 aromatic carbocycles. The smallest absolute Gasteiger partial charge is 0.149 e. The number of anilines is 1. The van der Waals surface area contributed by atoms with Crippen LogP contribution >= 0.6 is 22.9 Å². The third kappa shape index (κ3) is 2.74. The molecule has 18 heavy (non-hydrogen) atoms. The van der Waals surface area contributed by atoms with E-state index in [9.17, 15) is 0 Å². The van der Waals surface area contributed by atoms with Crippen LogP contribution < -0.4 is 4.90 Å². The lowest BCUT2D eigenvalue weighted by molar-refractivity contribution is 0.199. The van der Waals surface area contributed by atoms with Crippen molar-refractivity contribution in [3.63, 3.8) is 0 Å². The largest absolute Gasteiger partial charge is 0.383 e. The summed E-state index contributed by atoms with van der Waals surface area (Å²) in [5, 5.41) is 2.05. The molecule has 2 aromatic heterocycles. The van der Waals surface area contributed by atoms with Crippen LogP contribution in [0.15, 0.2) is 11.7 Å². The first-order valence-electron chi connectivity index (χ1n) is 5.66. The van der Waals surface area contributed by atoms with Crippen LogP contribution in [0.3, 0.4) is 0 Å². The predicted molar refractivity (Wildman–Crippen MR) is 76.9 cm³/mol. The van der Waals surface area contributed by atoms with Crippen molar-refractivity contribution in [2.24, 2.45) is 0 Å². The van der Waals surface area contributed by atoms with Gasteiger partial charge in [-0.3, -0.25) is 0 Å². The fourth-order valence-electron chi connectivity index (χ4n) is 1.85. The standard InChI is InChI=1S/C12H16ClN3OS/c1-8-6-18-11-10(8)14-7-15-12(11)16(2)4-9(13)5-17-3/h6-7,9H,4-5H2,1-3H3. The minimum absolute atomic E-state index is 0.0499. The summed E-state index contributed by atoms with van der Waals surface area (Å²) < 4.78 is 6.15. The summed E-state index contributed by atoms with van der Waals surface area (Å²) in [6.07, 6.45) is 1.60. The molecular formula is C12H16ClN3OS. The lowest BCUT2D eigenvalue weighted by Gasteiger charge is -2.21. The van der Waals surface area contributed by atoms with E-state index in [1.165, 1.54) is 5.56 Å². The van der Waals surface area contributed by atoms with E-state index < -0.39 is 0 Å². The van der Waals surface area contributed by atoms with Crippen molar-refractivity contribution in [2.75, 3.05) is 32.2 Å². The first kappa shape index (κ1) is 13.5. The third-order valence-corrected chi connectivity index (χ3v) is 4.04. The molecule has 6 heteroatoms. The van der Waals surface area contributed by atoms with Crippen LogP contribution in [0.1, 0.15) is 5.56 Å². The van der Waals surface area contributed by atoms with E-state index in [0.29, 0.717) is 13.2 Å². The van der Waals surface area contributed by atoms with E-state index in [2.05, 4.69) is 27.2 Å². The molecule has 0 spiro atoms. The summed E-state index contributed by atoms with van der Waals surface area (Å²) in [5.74, 6) is 0.930. The van der Waals surface area contributed by atoms with E-state index in [-0.39, 0.29) is 5.38 Å². The molecule has 4 nitrogen and oxygen atoms in total. The molecule has 0 saturated carbocycles. The predicted octanol–water partition coefficient (Wildman–Crippen LogP) is 2.69. The molecule has 0 amide bonds. The number of hydrogen-bond donors (Lipinski definition) is 0. The second kappa shape index (κ2) is 5.82. The van der Waals surface area contributed by atoms with Gasteiger partial charge in [0.25, 0.3) is 0 Å². The SMILES string of the molecule is COCC(Cl)CN(C)c1ncnc2c(C)csc12. The van der Waals surface area contributed by atoms with E-state index >= 15 is 0 Å². The summed E-state index contributed by atoms with van der Waals surface area (Å²) in [5.41, 5.74) is 2.21. The number of rotatable bonds is 5. The summed E-state index contributed by atoms with van der Waals surface area (Å²) in [7, 11) is 3.64. The molecule has 0 aliphatic carbocycles. The molecule has 2 aromatic rings. The number of fused-ring (bicyclic) bond motifs is 1. The average Bonchev–Trinajstić information content (AvgIpc) is 2.71. The number of aromatic nitrogens is 2. The molecule has 0 radical (unpaired) electrons. The number of aryl methyl sites for hydroxylation is 1. The Balaban J connectivity index is 2.25. The Kier molecular flexibility index (Phi) is 4.37. The van der Waals surface area contributed by atoms with Crippen molar-refractivity contribution in [3.8, 4) is 0 Å². The molecule has 0 aliphatic heterocycles. The highest BCUT2D eigenvalue weighted by Crippen LogP contribution is 2.30. The number of thiophene rings is 1. The van der Waals surface area contributed by atoms with Gasteiger partial charge < -0.3 is 9.64 Å². The monoisotopic (exact) mass is 285 g/mol. The van der Waals surface area contributed by atoms with E-state index in [0.717, 1.165) is 16.0 Å². The molecule has 0 aliphatic rings. The zero-order valence-corrected chi connectivity index (χ0v) is 12.3. The van der Waals surface area contributed by atoms with Crippen molar-refractivity contribution in [3.05, 3.63) is 17.3 Å². The van der Waals surface area contributed by atoms with Gasteiger partial charge in [-0.15, -0.1) is 22.9 Å². The highest BCUT2D eigenvalue weighted by molar-refractivity contribution is 7.18. The van der Waals surface area contributed by atoms with Crippen molar-refractivity contribution < 1.29 is 4.74 Å². The number of halogens is 1. The highest BCUT2D eigenvalue weighted by Gasteiger charge is 2.14. The Morgan fingerprint density at radius 1 is 1.50 bits per heavy atom. The second-order valence-corrected chi connectivity index (χ2v) is 5.72. The molecule has 0 bridgehead atoms. The molecule has 1 atom stereocenters. The van der Waals surface area contributed by atoms with Crippen LogP contribution in [0.5, 0.6) is 0 Å².